The zero-order chi connectivity index (χ0) is 15.6. The Hall–Kier alpha value is -2.53. The van der Waals surface area contributed by atoms with Crippen LogP contribution in [0.15, 0.2) is 48.8 Å². The fraction of sp³-hybridized carbons (Fsp3) is 0.278. The summed E-state index contributed by atoms with van der Waals surface area (Å²) in [4.78, 5) is 7.08. The summed E-state index contributed by atoms with van der Waals surface area (Å²) >= 11 is 0. The predicted molar refractivity (Wildman–Crippen MR) is 93.2 cm³/mol. The van der Waals surface area contributed by atoms with Crippen LogP contribution in [0.5, 0.6) is 0 Å². The van der Waals surface area contributed by atoms with Crippen molar-refractivity contribution in [1.82, 2.24) is 9.38 Å². The van der Waals surface area contributed by atoms with E-state index in [0.29, 0.717) is 0 Å². The van der Waals surface area contributed by atoms with E-state index in [9.17, 15) is 0 Å². The lowest BCUT2D eigenvalue weighted by molar-refractivity contribution is 0.122. The van der Waals surface area contributed by atoms with E-state index in [1.165, 1.54) is 5.69 Å². The topological polar surface area (TPSA) is 41.8 Å². The summed E-state index contributed by atoms with van der Waals surface area (Å²) in [6.07, 6.45) is 4.10. The number of nitrogens with one attached hydrogen (secondary N) is 1. The molecule has 3 aromatic rings. The van der Waals surface area contributed by atoms with Crippen LogP contribution in [0.4, 0.5) is 11.4 Å². The van der Waals surface area contributed by atoms with Gasteiger partial charge in [0, 0.05) is 55.5 Å². The van der Waals surface area contributed by atoms with Crippen molar-refractivity contribution < 1.29 is 4.74 Å². The van der Waals surface area contributed by atoms with E-state index in [4.69, 9.17) is 9.72 Å². The smallest absolute Gasteiger partial charge is 0.139 e. The van der Waals surface area contributed by atoms with Gasteiger partial charge in [0.1, 0.15) is 5.65 Å². The molecule has 2 aromatic heterocycles. The molecular weight excluding hydrogens is 288 g/mol. The van der Waals surface area contributed by atoms with Crippen molar-refractivity contribution in [3.05, 3.63) is 48.8 Å². The van der Waals surface area contributed by atoms with Crippen LogP contribution in [-0.4, -0.2) is 42.7 Å². The first kappa shape index (κ1) is 14.1. The minimum atomic E-state index is 0.808. The van der Waals surface area contributed by atoms with Gasteiger partial charge >= 0.3 is 0 Å². The standard InChI is InChI=1S/C18H20N4O/c1-19-15-6-7-22-13-17(20-18(22)12-15)14-2-4-16(5-3-14)21-8-10-23-11-9-21/h2-7,12-13,19H,8-11H2,1H3. The molecule has 0 bridgehead atoms. The van der Waals surface area contributed by atoms with Gasteiger partial charge in [-0.2, -0.15) is 0 Å². The Kier molecular flexibility index (Phi) is 3.63. The minimum Gasteiger partial charge on any atom is -0.388 e. The highest BCUT2D eigenvalue weighted by molar-refractivity contribution is 5.67. The number of fused-ring (bicyclic) bond motifs is 1. The fourth-order valence-corrected chi connectivity index (χ4v) is 2.94. The van der Waals surface area contributed by atoms with Gasteiger partial charge in [0.15, 0.2) is 0 Å². The van der Waals surface area contributed by atoms with Gasteiger partial charge in [0.2, 0.25) is 0 Å². The first-order chi connectivity index (χ1) is 11.3. The molecule has 4 rings (SSSR count). The zero-order valence-corrected chi connectivity index (χ0v) is 13.2. The molecule has 0 amide bonds. The molecule has 1 N–H and O–H groups in total. The van der Waals surface area contributed by atoms with E-state index in [2.05, 4.69) is 40.7 Å². The highest BCUT2D eigenvalue weighted by atomic mass is 16.5. The van der Waals surface area contributed by atoms with Crippen molar-refractivity contribution in [3.63, 3.8) is 0 Å². The number of benzene rings is 1. The largest absolute Gasteiger partial charge is 0.388 e. The lowest BCUT2D eigenvalue weighted by Gasteiger charge is -2.28. The number of nitrogens with zero attached hydrogens (tertiary/aromatic N) is 3. The van der Waals surface area contributed by atoms with Gasteiger partial charge in [0.25, 0.3) is 0 Å². The number of rotatable bonds is 3. The maximum absolute atomic E-state index is 5.41. The third-order valence-electron chi connectivity index (χ3n) is 4.29. The van der Waals surface area contributed by atoms with E-state index < -0.39 is 0 Å². The van der Waals surface area contributed by atoms with Crippen molar-refractivity contribution in [3.8, 4) is 11.3 Å². The number of aromatic nitrogens is 2. The molecule has 0 unspecified atom stereocenters. The minimum absolute atomic E-state index is 0.808. The van der Waals surface area contributed by atoms with Crippen LogP contribution in [0, 0.1) is 0 Å². The van der Waals surface area contributed by atoms with Gasteiger partial charge in [-0.15, -0.1) is 0 Å². The van der Waals surface area contributed by atoms with E-state index in [1.807, 2.05) is 29.8 Å². The molecule has 5 heteroatoms. The maximum atomic E-state index is 5.41. The van der Waals surface area contributed by atoms with Crippen molar-refractivity contribution in [2.75, 3.05) is 43.6 Å². The second-order valence-electron chi connectivity index (χ2n) is 5.70. The Morgan fingerprint density at radius 3 is 2.61 bits per heavy atom. The van der Waals surface area contributed by atoms with Gasteiger partial charge < -0.3 is 19.4 Å². The number of pyridine rings is 1. The molecule has 118 valence electrons. The molecule has 0 saturated carbocycles. The van der Waals surface area contributed by atoms with E-state index in [-0.39, 0.29) is 0 Å². The second-order valence-corrected chi connectivity index (χ2v) is 5.70. The van der Waals surface area contributed by atoms with Crippen LogP contribution in [0.25, 0.3) is 16.9 Å². The third kappa shape index (κ3) is 2.75. The lowest BCUT2D eigenvalue weighted by atomic mass is 10.1. The van der Waals surface area contributed by atoms with Crippen molar-refractivity contribution in [2.45, 2.75) is 0 Å². The summed E-state index contributed by atoms with van der Waals surface area (Å²) in [5.41, 5.74) is 5.39. The molecule has 0 radical (unpaired) electrons. The first-order valence-electron chi connectivity index (χ1n) is 7.93. The number of hydrogen-bond donors (Lipinski definition) is 1. The second kappa shape index (κ2) is 5.93. The van der Waals surface area contributed by atoms with Crippen molar-refractivity contribution >= 4 is 17.0 Å². The molecule has 1 aromatic carbocycles. The SMILES string of the molecule is CNc1ccn2cc(-c3ccc(N4CCOCC4)cc3)nc2c1. The van der Waals surface area contributed by atoms with E-state index in [1.54, 1.807) is 0 Å². The normalized spacial score (nSPS) is 15.1. The van der Waals surface area contributed by atoms with Gasteiger partial charge in [-0.1, -0.05) is 12.1 Å². The number of morpholine rings is 1. The number of hydrogen-bond acceptors (Lipinski definition) is 4. The van der Waals surface area contributed by atoms with E-state index in [0.717, 1.165) is 48.9 Å². The summed E-state index contributed by atoms with van der Waals surface area (Å²) in [5, 5.41) is 3.14. The Labute approximate surface area is 135 Å². The molecule has 1 aliphatic rings. The lowest BCUT2D eigenvalue weighted by Crippen LogP contribution is -2.36. The van der Waals surface area contributed by atoms with Gasteiger partial charge in [-0.25, -0.2) is 4.98 Å². The van der Waals surface area contributed by atoms with Gasteiger partial charge in [-0.05, 0) is 18.2 Å². The summed E-state index contributed by atoms with van der Waals surface area (Å²) in [6, 6.07) is 12.7. The Balaban J connectivity index is 1.62. The highest BCUT2D eigenvalue weighted by Gasteiger charge is 2.11. The summed E-state index contributed by atoms with van der Waals surface area (Å²) in [7, 11) is 1.92. The molecule has 1 fully saturated rings. The molecular formula is C18H20N4O. The molecule has 23 heavy (non-hydrogen) atoms. The van der Waals surface area contributed by atoms with Crippen molar-refractivity contribution in [1.29, 1.82) is 0 Å². The summed E-state index contributed by atoms with van der Waals surface area (Å²) in [5.74, 6) is 0. The molecule has 0 aliphatic carbocycles. The summed E-state index contributed by atoms with van der Waals surface area (Å²) in [6.45, 7) is 3.53. The van der Waals surface area contributed by atoms with Crippen LogP contribution < -0.4 is 10.2 Å². The number of ether oxygens (including phenoxy) is 1. The molecule has 1 saturated heterocycles. The predicted octanol–water partition coefficient (Wildman–Crippen LogP) is 2.88. The van der Waals surface area contributed by atoms with Crippen LogP contribution in [0.2, 0.25) is 0 Å². The average molecular weight is 308 g/mol. The average Bonchev–Trinajstić information content (AvgIpc) is 3.05. The Bertz CT molecular complexity index is 804. The first-order valence-corrected chi connectivity index (χ1v) is 7.93. The molecule has 1 aliphatic heterocycles. The third-order valence-corrected chi connectivity index (χ3v) is 4.29. The Morgan fingerprint density at radius 2 is 1.87 bits per heavy atom. The highest BCUT2D eigenvalue weighted by Crippen LogP contribution is 2.24. The quantitative estimate of drug-likeness (QED) is 0.808. The van der Waals surface area contributed by atoms with Crippen molar-refractivity contribution in [2.24, 2.45) is 0 Å². The van der Waals surface area contributed by atoms with E-state index >= 15 is 0 Å². The van der Waals surface area contributed by atoms with Crippen LogP contribution >= 0.6 is 0 Å². The molecule has 5 nitrogen and oxygen atoms in total. The van der Waals surface area contributed by atoms with Gasteiger partial charge in [0.05, 0.1) is 18.9 Å². The van der Waals surface area contributed by atoms with Crippen LogP contribution in [0.1, 0.15) is 0 Å². The number of anilines is 2. The number of imidazole rings is 1. The maximum Gasteiger partial charge on any atom is 0.139 e. The van der Waals surface area contributed by atoms with Crippen LogP contribution in [-0.2, 0) is 4.74 Å². The molecule has 0 spiro atoms. The van der Waals surface area contributed by atoms with Crippen LogP contribution in [0.3, 0.4) is 0 Å². The monoisotopic (exact) mass is 308 g/mol. The fourth-order valence-electron chi connectivity index (χ4n) is 2.94. The molecule has 0 atom stereocenters. The Morgan fingerprint density at radius 1 is 1.09 bits per heavy atom. The zero-order valence-electron chi connectivity index (χ0n) is 13.2. The van der Waals surface area contributed by atoms with Gasteiger partial charge in [-0.3, -0.25) is 0 Å². The molecule has 3 heterocycles. The summed E-state index contributed by atoms with van der Waals surface area (Å²) < 4.78 is 7.45.